The summed E-state index contributed by atoms with van der Waals surface area (Å²) in [6, 6.07) is 24.0. The topological polar surface area (TPSA) is 58.6 Å². The SMILES string of the molecule is CCCOc1cccc(N2C(=O)C(Nc3ccccc3C)=C(c3ccccc3)C2=O)c1. The van der Waals surface area contributed by atoms with Crippen molar-refractivity contribution in [3.05, 3.63) is 95.7 Å². The Morgan fingerprint density at radius 1 is 0.871 bits per heavy atom. The number of imide groups is 1. The molecule has 0 aromatic heterocycles. The fraction of sp³-hybridized carbons (Fsp3) is 0.154. The van der Waals surface area contributed by atoms with Crippen LogP contribution in [0.1, 0.15) is 24.5 Å². The number of nitrogens with one attached hydrogen (secondary N) is 1. The van der Waals surface area contributed by atoms with Crippen LogP contribution in [0.3, 0.4) is 0 Å². The monoisotopic (exact) mass is 412 g/mol. The lowest BCUT2D eigenvalue weighted by Gasteiger charge is -2.17. The molecule has 1 aliphatic heterocycles. The average Bonchev–Trinajstić information content (AvgIpc) is 3.04. The van der Waals surface area contributed by atoms with Crippen molar-refractivity contribution in [2.75, 3.05) is 16.8 Å². The zero-order chi connectivity index (χ0) is 21.8. The molecular weight excluding hydrogens is 388 g/mol. The number of aryl methyl sites for hydroxylation is 1. The van der Waals surface area contributed by atoms with Gasteiger partial charge in [-0.15, -0.1) is 0 Å². The van der Waals surface area contributed by atoms with Crippen LogP contribution in [0.5, 0.6) is 5.75 Å². The van der Waals surface area contributed by atoms with E-state index in [9.17, 15) is 9.59 Å². The number of anilines is 2. The third-order valence-corrected chi connectivity index (χ3v) is 5.10. The number of rotatable bonds is 7. The van der Waals surface area contributed by atoms with Crippen molar-refractivity contribution in [1.29, 1.82) is 0 Å². The summed E-state index contributed by atoms with van der Waals surface area (Å²) >= 11 is 0. The molecule has 4 rings (SSSR count). The summed E-state index contributed by atoms with van der Waals surface area (Å²) in [5.41, 5.74) is 3.57. The number of ether oxygens (including phenoxy) is 1. The maximum Gasteiger partial charge on any atom is 0.282 e. The van der Waals surface area contributed by atoms with Gasteiger partial charge in [-0.1, -0.05) is 61.5 Å². The van der Waals surface area contributed by atoms with E-state index in [1.807, 2.05) is 74.5 Å². The Morgan fingerprint density at radius 2 is 1.61 bits per heavy atom. The Hall–Kier alpha value is -3.86. The molecule has 0 fully saturated rings. The molecule has 3 aromatic carbocycles. The lowest BCUT2D eigenvalue weighted by atomic mass is 10.0. The Morgan fingerprint density at radius 3 is 2.35 bits per heavy atom. The molecule has 0 bridgehead atoms. The van der Waals surface area contributed by atoms with Crippen LogP contribution < -0.4 is 15.0 Å². The van der Waals surface area contributed by atoms with Crippen LogP contribution in [0.2, 0.25) is 0 Å². The molecule has 5 nitrogen and oxygen atoms in total. The van der Waals surface area contributed by atoms with Crippen molar-refractivity contribution in [2.24, 2.45) is 0 Å². The van der Waals surface area contributed by atoms with Crippen molar-refractivity contribution in [2.45, 2.75) is 20.3 Å². The standard InChI is InChI=1S/C26H24N2O3/c1-3-16-31-21-14-9-13-20(17-21)28-25(29)23(19-11-5-4-6-12-19)24(26(28)30)27-22-15-8-7-10-18(22)2/h4-15,17,27H,3,16H2,1-2H3. The molecule has 1 heterocycles. The van der Waals surface area contributed by atoms with E-state index in [0.29, 0.717) is 29.2 Å². The van der Waals surface area contributed by atoms with Gasteiger partial charge in [0, 0.05) is 11.8 Å². The first-order valence-electron chi connectivity index (χ1n) is 10.3. The minimum absolute atomic E-state index is 0.269. The van der Waals surface area contributed by atoms with E-state index < -0.39 is 0 Å². The summed E-state index contributed by atoms with van der Waals surface area (Å²) in [6.07, 6.45) is 0.871. The first-order valence-corrected chi connectivity index (χ1v) is 10.3. The van der Waals surface area contributed by atoms with Crippen LogP contribution in [0.25, 0.3) is 5.57 Å². The average molecular weight is 412 g/mol. The summed E-state index contributed by atoms with van der Waals surface area (Å²) in [5, 5.41) is 3.22. The molecule has 0 unspecified atom stereocenters. The number of carbonyl (C=O) groups is 2. The van der Waals surface area contributed by atoms with Gasteiger partial charge in [-0.3, -0.25) is 9.59 Å². The maximum atomic E-state index is 13.5. The molecule has 0 saturated carbocycles. The van der Waals surface area contributed by atoms with Crippen molar-refractivity contribution in [3.8, 4) is 5.75 Å². The zero-order valence-corrected chi connectivity index (χ0v) is 17.6. The fourth-order valence-corrected chi connectivity index (χ4v) is 3.53. The first-order chi connectivity index (χ1) is 15.1. The van der Waals surface area contributed by atoms with Crippen LogP contribution in [-0.4, -0.2) is 18.4 Å². The molecule has 156 valence electrons. The lowest BCUT2D eigenvalue weighted by molar-refractivity contribution is -0.120. The molecule has 31 heavy (non-hydrogen) atoms. The Labute approximate surface area is 182 Å². The molecule has 1 aliphatic rings. The van der Waals surface area contributed by atoms with Crippen LogP contribution >= 0.6 is 0 Å². The molecule has 2 amide bonds. The van der Waals surface area contributed by atoms with E-state index in [-0.39, 0.29) is 17.5 Å². The molecule has 3 aromatic rings. The summed E-state index contributed by atoms with van der Waals surface area (Å²) in [6.45, 7) is 4.55. The summed E-state index contributed by atoms with van der Waals surface area (Å²) < 4.78 is 5.70. The van der Waals surface area contributed by atoms with Gasteiger partial charge in [0.15, 0.2) is 0 Å². The van der Waals surface area contributed by atoms with Gasteiger partial charge in [0.1, 0.15) is 11.4 Å². The lowest BCUT2D eigenvalue weighted by Crippen LogP contribution is -2.32. The Balaban J connectivity index is 1.77. The molecule has 0 saturated heterocycles. The van der Waals surface area contributed by atoms with Gasteiger partial charge in [-0.05, 0) is 42.7 Å². The minimum atomic E-state index is -0.389. The predicted molar refractivity (Wildman–Crippen MR) is 123 cm³/mol. The van der Waals surface area contributed by atoms with Gasteiger partial charge in [-0.25, -0.2) is 4.90 Å². The summed E-state index contributed by atoms with van der Waals surface area (Å²) in [7, 11) is 0. The van der Waals surface area contributed by atoms with E-state index in [4.69, 9.17) is 4.74 Å². The predicted octanol–water partition coefficient (Wildman–Crippen LogP) is 5.18. The largest absolute Gasteiger partial charge is 0.494 e. The van der Waals surface area contributed by atoms with Crippen LogP contribution in [-0.2, 0) is 9.59 Å². The molecule has 5 heteroatoms. The normalized spacial score (nSPS) is 13.7. The molecule has 0 radical (unpaired) electrons. The molecule has 1 N–H and O–H groups in total. The zero-order valence-electron chi connectivity index (χ0n) is 17.6. The summed E-state index contributed by atoms with van der Waals surface area (Å²) in [5.74, 6) is -0.124. The highest BCUT2D eigenvalue weighted by Gasteiger charge is 2.40. The number of hydrogen-bond acceptors (Lipinski definition) is 4. The molecule has 0 aliphatic carbocycles. The number of para-hydroxylation sites is 1. The van der Waals surface area contributed by atoms with Gasteiger partial charge < -0.3 is 10.1 Å². The number of hydrogen-bond donors (Lipinski definition) is 1. The Kier molecular flexibility index (Phi) is 5.85. The quantitative estimate of drug-likeness (QED) is 0.543. The van der Waals surface area contributed by atoms with Crippen LogP contribution in [0, 0.1) is 6.92 Å². The van der Waals surface area contributed by atoms with Gasteiger partial charge in [0.25, 0.3) is 11.8 Å². The highest BCUT2D eigenvalue weighted by molar-refractivity contribution is 6.46. The third-order valence-electron chi connectivity index (χ3n) is 5.10. The minimum Gasteiger partial charge on any atom is -0.494 e. The highest BCUT2D eigenvalue weighted by Crippen LogP contribution is 2.35. The number of carbonyl (C=O) groups excluding carboxylic acids is 2. The van der Waals surface area contributed by atoms with E-state index in [1.165, 1.54) is 4.90 Å². The van der Waals surface area contributed by atoms with Crippen molar-refractivity contribution in [1.82, 2.24) is 0 Å². The van der Waals surface area contributed by atoms with Gasteiger partial charge in [0.05, 0.1) is 17.9 Å². The number of nitrogens with zero attached hydrogens (tertiary/aromatic N) is 1. The molecule has 0 atom stereocenters. The number of amides is 2. The van der Waals surface area contributed by atoms with Crippen LogP contribution in [0.4, 0.5) is 11.4 Å². The van der Waals surface area contributed by atoms with E-state index in [0.717, 1.165) is 17.7 Å². The maximum absolute atomic E-state index is 13.5. The molecule has 0 spiro atoms. The van der Waals surface area contributed by atoms with Crippen molar-refractivity contribution in [3.63, 3.8) is 0 Å². The summed E-state index contributed by atoms with van der Waals surface area (Å²) in [4.78, 5) is 28.2. The van der Waals surface area contributed by atoms with Crippen LogP contribution in [0.15, 0.2) is 84.6 Å². The van der Waals surface area contributed by atoms with E-state index in [2.05, 4.69) is 5.32 Å². The van der Waals surface area contributed by atoms with E-state index >= 15 is 0 Å². The van der Waals surface area contributed by atoms with Gasteiger partial charge in [0.2, 0.25) is 0 Å². The van der Waals surface area contributed by atoms with Gasteiger partial charge >= 0.3 is 0 Å². The Bertz CT molecular complexity index is 1150. The number of benzene rings is 3. The van der Waals surface area contributed by atoms with Crippen molar-refractivity contribution >= 4 is 28.8 Å². The second-order valence-electron chi connectivity index (χ2n) is 7.35. The fourth-order valence-electron chi connectivity index (χ4n) is 3.53. The third kappa shape index (κ3) is 4.08. The van der Waals surface area contributed by atoms with Gasteiger partial charge in [-0.2, -0.15) is 0 Å². The van der Waals surface area contributed by atoms with Crippen molar-refractivity contribution < 1.29 is 14.3 Å². The smallest absolute Gasteiger partial charge is 0.282 e. The van der Waals surface area contributed by atoms with E-state index in [1.54, 1.807) is 18.2 Å². The molecular formula is C26H24N2O3. The second-order valence-corrected chi connectivity index (χ2v) is 7.35. The second kappa shape index (κ2) is 8.88. The first kappa shape index (κ1) is 20.4. The highest BCUT2D eigenvalue weighted by atomic mass is 16.5.